The summed E-state index contributed by atoms with van der Waals surface area (Å²) in [5, 5.41) is 23.2. The molecule has 1 aliphatic rings. The summed E-state index contributed by atoms with van der Waals surface area (Å²) in [5.41, 5.74) is -1.70. The zero-order chi connectivity index (χ0) is 27.7. The number of amides is 1. The lowest BCUT2D eigenvalue weighted by atomic mass is 9.87. The number of hydrogen-bond acceptors (Lipinski definition) is 6. The largest absolute Gasteiger partial charge is 0.384 e. The van der Waals surface area contributed by atoms with Crippen molar-refractivity contribution in [3.63, 3.8) is 0 Å². The standard InChI is InChI=1S/C27H31F3N4O3/c1-13-17(9-16(28)10-20(13)27(29,30)25(4,5)36)14(2)31-23-19-12-22-21(11-18(19)15(3)32-33-23)26(6,37-8)24(35)34(22)7/h9-12,14,36H,1-8H3,(H,31,33)/t14-,26?/m1/s1. The van der Waals surface area contributed by atoms with E-state index < -0.39 is 34.5 Å². The second-order valence-corrected chi connectivity index (χ2v) is 10.3. The number of aromatic nitrogens is 2. The van der Waals surface area contributed by atoms with Crippen molar-refractivity contribution in [1.82, 2.24) is 10.2 Å². The first kappa shape index (κ1) is 26.8. The van der Waals surface area contributed by atoms with Crippen LogP contribution in [0, 0.1) is 19.7 Å². The molecule has 3 aromatic rings. The fourth-order valence-corrected chi connectivity index (χ4v) is 4.91. The van der Waals surface area contributed by atoms with Gasteiger partial charge in [0.25, 0.3) is 5.91 Å². The van der Waals surface area contributed by atoms with Crippen molar-refractivity contribution < 1.29 is 27.8 Å². The van der Waals surface area contributed by atoms with Crippen LogP contribution < -0.4 is 10.2 Å². The average Bonchev–Trinajstić information content (AvgIpc) is 3.01. The van der Waals surface area contributed by atoms with E-state index in [1.807, 2.05) is 12.1 Å². The van der Waals surface area contributed by atoms with Gasteiger partial charge in [0.05, 0.1) is 17.4 Å². The van der Waals surface area contributed by atoms with Crippen LogP contribution in [0.2, 0.25) is 0 Å². The third kappa shape index (κ3) is 4.02. The molecule has 7 nitrogen and oxygen atoms in total. The van der Waals surface area contributed by atoms with Crippen LogP contribution in [-0.4, -0.2) is 41.0 Å². The second kappa shape index (κ2) is 8.66. The van der Waals surface area contributed by atoms with Crippen LogP contribution >= 0.6 is 0 Å². The molecule has 1 aliphatic heterocycles. The molecule has 2 N–H and O–H groups in total. The first-order chi connectivity index (χ1) is 17.0. The number of nitrogens with one attached hydrogen (secondary N) is 1. The van der Waals surface area contributed by atoms with Crippen LogP contribution in [-0.2, 0) is 21.1 Å². The Bertz CT molecular complexity index is 1420. The van der Waals surface area contributed by atoms with Crippen LogP contribution in [0.4, 0.5) is 24.7 Å². The zero-order valence-corrected chi connectivity index (χ0v) is 22.1. The Morgan fingerprint density at radius 1 is 1.14 bits per heavy atom. The maximum Gasteiger partial charge on any atom is 0.301 e. The quantitative estimate of drug-likeness (QED) is 0.465. The molecule has 198 valence electrons. The number of hydrogen-bond donors (Lipinski definition) is 2. The van der Waals surface area contributed by atoms with Gasteiger partial charge in [-0.1, -0.05) is 0 Å². The van der Waals surface area contributed by atoms with Crippen molar-refractivity contribution in [2.24, 2.45) is 0 Å². The van der Waals surface area contributed by atoms with Crippen LogP contribution in [0.25, 0.3) is 10.8 Å². The first-order valence-corrected chi connectivity index (χ1v) is 11.9. The van der Waals surface area contributed by atoms with Crippen molar-refractivity contribution in [3.8, 4) is 0 Å². The van der Waals surface area contributed by atoms with E-state index in [2.05, 4.69) is 15.5 Å². The molecular formula is C27H31F3N4O3. The summed E-state index contributed by atoms with van der Waals surface area (Å²) < 4.78 is 50.2. The minimum Gasteiger partial charge on any atom is -0.384 e. The number of anilines is 2. The maximum atomic E-state index is 15.0. The average molecular weight is 517 g/mol. The molecule has 2 atom stereocenters. The Morgan fingerprint density at radius 3 is 2.38 bits per heavy atom. The number of aryl methyl sites for hydroxylation is 1. The van der Waals surface area contributed by atoms with E-state index in [1.54, 1.807) is 27.8 Å². The van der Waals surface area contributed by atoms with Gasteiger partial charge in [-0.15, -0.1) is 5.10 Å². The van der Waals surface area contributed by atoms with Gasteiger partial charge < -0.3 is 20.1 Å². The van der Waals surface area contributed by atoms with Crippen LogP contribution in [0.1, 0.15) is 61.7 Å². The second-order valence-electron chi connectivity index (χ2n) is 10.3. The summed E-state index contributed by atoms with van der Waals surface area (Å²) in [6.07, 6.45) is 0. The number of aliphatic hydroxyl groups is 1. The minimum absolute atomic E-state index is 0.153. The number of halogens is 3. The molecule has 4 rings (SSSR count). The molecule has 0 radical (unpaired) electrons. The summed E-state index contributed by atoms with van der Waals surface area (Å²) in [6, 6.07) is 4.97. The van der Waals surface area contributed by atoms with Gasteiger partial charge in [-0.25, -0.2) is 4.39 Å². The van der Waals surface area contributed by atoms with Crippen molar-refractivity contribution >= 4 is 28.2 Å². The number of fused-ring (bicyclic) bond motifs is 2. The number of carbonyl (C=O) groups is 1. The third-order valence-corrected chi connectivity index (χ3v) is 7.42. The number of nitrogens with zero attached hydrogens (tertiary/aromatic N) is 3. The topological polar surface area (TPSA) is 87.6 Å². The summed E-state index contributed by atoms with van der Waals surface area (Å²) in [7, 11) is 3.14. The Balaban J connectivity index is 1.82. The molecule has 1 aromatic heterocycles. The summed E-state index contributed by atoms with van der Waals surface area (Å²) >= 11 is 0. The van der Waals surface area contributed by atoms with Crippen LogP contribution in [0.3, 0.4) is 0 Å². The van der Waals surface area contributed by atoms with E-state index in [-0.39, 0.29) is 17.0 Å². The van der Waals surface area contributed by atoms with Gasteiger partial charge in [-0.05, 0) is 76.9 Å². The highest BCUT2D eigenvalue weighted by Gasteiger charge is 2.49. The molecule has 2 aromatic carbocycles. The number of methoxy groups -OCH3 is 1. The number of likely N-dealkylation sites (N-methyl/N-ethyl adjacent to an activating group) is 1. The highest BCUT2D eigenvalue weighted by Crippen LogP contribution is 2.45. The Morgan fingerprint density at radius 2 is 1.78 bits per heavy atom. The molecular weight excluding hydrogens is 485 g/mol. The van der Waals surface area contributed by atoms with Gasteiger partial charge in [0.2, 0.25) is 0 Å². The molecule has 0 aliphatic carbocycles. The molecule has 0 saturated heterocycles. The number of rotatable bonds is 6. The van der Waals surface area contributed by atoms with Gasteiger partial charge in [0.1, 0.15) is 11.4 Å². The fraction of sp³-hybridized carbons (Fsp3) is 0.444. The van der Waals surface area contributed by atoms with Crippen LogP contribution in [0.15, 0.2) is 24.3 Å². The molecule has 0 saturated carbocycles. The normalized spacial score (nSPS) is 18.9. The fourth-order valence-electron chi connectivity index (χ4n) is 4.91. The number of carbonyl (C=O) groups excluding carboxylic acids is 1. The van der Waals surface area contributed by atoms with Crippen molar-refractivity contribution in [1.29, 1.82) is 0 Å². The molecule has 0 spiro atoms. The van der Waals surface area contributed by atoms with Crippen molar-refractivity contribution in [2.45, 2.75) is 64.7 Å². The molecule has 0 bridgehead atoms. The number of alkyl halides is 2. The molecule has 1 amide bonds. The van der Waals surface area contributed by atoms with E-state index in [0.717, 1.165) is 25.3 Å². The summed E-state index contributed by atoms with van der Waals surface area (Å²) in [4.78, 5) is 14.4. The van der Waals surface area contributed by atoms with E-state index in [1.165, 1.54) is 25.0 Å². The number of ether oxygens (including phenoxy) is 1. The SMILES string of the molecule is COC1(C)C(=O)N(C)c2cc3c(N[C@H](C)c4cc(F)cc(C(F)(F)C(C)(C)O)c4C)nnc(C)c3cc21. The zero-order valence-electron chi connectivity index (χ0n) is 22.1. The third-order valence-electron chi connectivity index (χ3n) is 7.42. The van der Waals surface area contributed by atoms with Gasteiger partial charge in [0, 0.05) is 36.1 Å². The monoisotopic (exact) mass is 516 g/mol. The predicted molar refractivity (Wildman–Crippen MR) is 135 cm³/mol. The van der Waals surface area contributed by atoms with E-state index in [0.29, 0.717) is 28.1 Å². The van der Waals surface area contributed by atoms with E-state index in [9.17, 15) is 14.3 Å². The first-order valence-electron chi connectivity index (χ1n) is 11.9. The Kier molecular flexibility index (Phi) is 6.28. The van der Waals surface area contributed by atoms with Crippen LogP contribution in [0.5, 0.6) is 0 Å². The van der Waals surface area contributed by atoms with Gasteiger partial charge >= 0.3 is 5.92 Å². The van der Waals surface area contributed by atoms with E-state index in [4.69, 9.17) is 4.74 Å². The van der Waals surface area contributed by atoms with Crippen molar-refractivity contribution in [3.05, 3.63) is 58.0 Å². The lowest BCUT2D eigenvalue weighted by Gasteiger charge is -2.31. The van der Waals surface area contributed by atoms with Gasteiger partial charge in [-0.3, -0.25) is 4.79 Å². The molecule has 2 heterocycles. The van der Waals surface area contributed by atoms with Gasteiger partial charge in [0.15, 0.2) is 11.4 Å². The Hall–Kier alpha value is -3.24. The lowest BCUT2D eigenvalue weighted by Crippen LogP contribution is -2.41. The smallest absolute Gasteiger partial charge is 0.301 e. The predicted octanol–water partition coefficient (Wildman–Crippen LogP) is 5.26. The number of benzene rings is 2. The highest BCUT2D eigenvalue weighted by atomic mass is 19.3. The molecule has 37 heavy (non-hydrogen) atoms. The molecule has 1 unspecified atom stereocenters. The lowest BCUT2D eigenvalue weighted by molar-refractivity contribution is -0.169. The summed E-state index contributed by atoms with van der Waals surface area (Å²) in [5.74, 6) is -4.39. The Labute approximate surface area is 213 Å². The van der Waals surface area contributed by atoms with Crippen molar-refractivity contribution in [2.75, 3.05) is 24.4 Å². The molecule has 10 heteroatoms. The maximum absolute atomic E-state index is 15.0. The summed E-state index contributed by atoms with van der Waals surface area (Å²) in [6.45, 7) is 8.65. The molecule has 0 fully saturated rings. The minimum atomic E-state index is -3.68. The highest BCUT2D eigenvalue weighted by molar-refractivity contribution is 6.10. The van der Waals surface area contributed by atoms with Gasteiger partial charge in [-0.2, -0.15) is 13.9 Å². The van der Waals surface area contributed by atoms with E-state index >= 15 is 8.78 Å².